The van der Waals surface area contributed by atoms with E-state index in [1.165, 1.54) is 0 Å². The fourth-order valence-corrected chi connectivity index (χ4v) is 2.74. The van der Waals surface area contributed by atoms with Crippen LogP contribution in [0.4, 0.5) is 0 Å². The van der Waals surface area contributed by atoms with Gasteiger partial charge in [0.1, 0.15) is 4.87 Å². The van der Waals surface area contributed by atoms with Crippen LogP contribution in [0.25, 0.3) is 0 Å². The van der Waals surface area contributed by atoms with Crippen molar-refractivity contribution in [3.05, 3.63) is 20.1 Å². The second-order valence-corrected chi connectivity index (χ2v) is 5.35. The van der Waals surface area contributed by atoms with E-state index >= 15 is 0 Å². The first-order valence-electron chi connectivity index (χ1n) is 5.25. The molecule has 0 bridgehead atoms. The standard InChI is InChI=1S/C7H5Cl5.C4H10O/c1-2-7(12)5(10)3(8)4(9)6(7)11;1-3-5-4-2/h2H2,1H3;3-4H2,1-2H3. The number of alkyl halides is 1. The molecule has 0 N–H and O–H groups in total. The summed E-state index contributed by atoms with van der Waals surface area (Å²) in [6, 6.07) is 0. The molecule has 1 nitrogen and oxygen atoms in total. The molecule has 0 aromatic rings. The van der Waals surface area contributed by atoms with Crippen molar-refractivity contribution in [1.29, 1.82) is 0 Å². The lowest BCUT2D eigenvalue weighted by molar-refractivity contribution is 0.162. The van der Waals surface area contributed by atoms with E-state index in [2.05, 4.69) is 0 Å². The summed E-state index contributed by atoms with van der Waals surface area (Å²) in [4.78, 5) is -0.905. The van der Waals surface area contributed by atoms with Gasteiger partial charge >= 0.3 is 0 Å². The predicted molar refractivity (Wildman–Crippen MR) is 78.5 cm³/mol. The fourth-order valence-electron chi connectivity index (χ4n) is 1.15. The van der Waals surface area contributed by atoms with E-state index in [9.17, 15) is 0 Å². The Bertz CT molecular complexity index is 296. The summed E-state index contributed by atoms with van der Waals surface area (Å²) < 4.78 is 4.83. The van der Waals surface area contributed by atoms with Gasteiger partial charge in [-0.1, -0.05) is 53.3 Å². The molecule has 0 radical (unpaired) electrons. The Morgan fingerprint density at radius 3 is 1.35 bits per heavy atom. The molecule has 0 heterocycles. The molecule has 0 atom stereocenters. The lowest BCUT2D eigenvalue weighted by Crippen LogP contribution is -2.18. The lowest BCUT2D eigenvalue weighted by Gasteiger charge is -2.19. The van der Waals surface area contributed by atoms with Gasteiger partial charge in [-0.2, -0.15) is 0 Å². The maximum atomic E-state index is 6.10. The van der Waals surface area contributed by atoms with E-state index in [-0.39, 0.29) is 10.1 Å². The van der Waals surface area contributed by atoms with Crippen molar-refractivity contribution >= 4 is 58.0 Å². The van der Waals surface area contributed by atoms with Crippen LogP contribution in [0, 0.1) is 0 Å². The Morgan fingerprint density at radius 1 is 0.882 bits per heavy atom. The van der Waals surface area contributed by atoms with Crippen molar-refractivity contribution < 1.29 is 4.74 Å². The second kappa shape index (κ2) is 8.14. The molecule has 1 aliphatic rings. The zero-order valence-corrected chi connectivity index (χ0v) is 13.7. The zero-order valence-electron chi connectivity index (χ0n) is 9.92. The monoisotopic (exact) mass is 338 g/mol. The number of hydrogen-bond donors (Lipinski definition) is 0. The average Bonchev–Trinajstić information content (AvgIpc) is 2.48. The van der Waals surface area contributed by atoms with Crippen LogP contribution in [0.3, 0.4) is 0 Å². The van der Waals surface area contributed by atoms with Gasteiger partial charge in [0.2, 0.25) is 0 Å². The van der Waals surface area contributed by atoms with Crippen LogP contribution >= 0.6 is 58.0 Å². The maximum absolute atomic E-state index is 6.10. The van der Waals surface area contributed by atoms with Crippen molar-refractivity contribution in [3.63, 3.8) is 0 Å². The third-order valence-electron chi connectivity index (χ3n) is 2.17. The maximum Gasteiger partial charge on any atom is 0.118 e. The lowest BCUT2D eigenvalue weighted by atomic mass is 10.1. The topological polar surface area (TPSA) is 9.23 Å². The van der Waals surface area contributed by atoms with E-state index in [0.29, 0.717) is 16.5 Å². The van der Waals surface area contributed by atoms with Crippen LogP contribution < -0.4 is 0 Å². The van der Waals surface area contributed by atoms with Gasteiger partial charge in [0.05, 0.1) is 20.1 Å². The number of allylic oxidation sites excluding steroid dienone is 4. The van der Waals surface area contributed by atoms with Gasteiger partial charge in [0.25, 0.3) is 0 Å². The smallest absolute Gasteiger partial charge is 0.118 e. The van der Waals surface area contributed by atoms with Gasteiger partial charge in [-0.15, -0.1) is 11.6 Å². The minimum Gasteiger partial charge on any atom is -0.382 e. The van der Waals surface area contributed by atoms with Crippen LogP contribution in [0.15, 0.2) is 20.1 Å². The number of ether oxygens (including phenoxy) is 1. The Hall–Kier alpha value is 0.890. The van der Waals surface area contributed by atoms with Crippen LogP contribution in [0.1, 0.15) is 27.2 Å². The molecule has 0 unspecified atom stereocenters. The molecule has 0 saturated carbocycles. The van der Waals surface area contributed by atoms with Gasteiger partial charge in [-0.3, -0.25) is 0 Å². The van der Waals surface area contributed by atoms with Gasteiger partial charge in [0, 0.05) is 13.2 Å². The molecular formula is C11H15Cl5O. The van der Waals surface area contributed by atoms with E-state index in [1.807, 2.05) is 20.8 Å². The normalized spacial score (nSPS) is 18.4. The summed E-state index contributed by atoms with van der Waals surface area (Å²) >= 11 is 29.3. The highest BCUT2D eigenvalue weighted by Crippen LogP contribution is 2.52. The van der Waals surface area contributed by atoms with Gasteiger partial charge in [0.15, 0.2) is 0 Å². The molecule has 6 heteroatoms. The minimum absolute atomic E-state index is 0.250. The van der Waals surface area contributed by atoms with Crippen molar-refractivity contribution in [2.24, 2.45) is 0 Å². The summed E-state index contributed by atoms with van der Waals surface area (Å²) in [5.74, 6) is 0. The summed E-state index contributed by atoms with van der Waals surface area (Å²) in [6.45, 7) is 7.53. The molecule has 0 aliphatic heterocycles. The van der Waals surface area contributed by atoms with Gasteiger partial charge in [-0.05, 0) is 20.3 Å². The quantitative estimate of drug-likeness (QED) is 0.589. The zero-order chi connectivity index (χ0) is 13.6. The Kier molecular flexibility index (Phi) is 8.57. The van der Waals surface area contributed by atoms with Crippen molar-refractivity contribution in [2.75, 3.05) is 13.2 Å². The summed E-state index contributed by atoms with van der Waals surface area (Å²) in [5.41, 5.74) is 0. The van der Waals surface area contributed by atoms with E-state index in [1.54, 1.807) is 0 Å². The molecule has 0 fully saturated rings. The first-order valence-corrected chi connectivity index (χ1v) is 7.14. The predicted octanol–water partition coefficient (Wildman–Crippen LogP) is 5.81. The third-order valence-corrected chi connectivity index (χ3v) is 5.08. The minimum atomic E-state index is -0.905. The fraction of sp³-hybridized carbons (Fsp3) is 0.636. The van der Waals surface area contributed by atoms with Crippen LogP contribution in [0.2, 0.25) is 0 Å². The Labute approximate surface area is 128 Å². The van der Waals surface area contributed by atoms with Crippen molar-refractivity contribution in [3.8, 4) is 0 Å². The molecule has 0 aromatic carbocycles. The number of halogens is 5. The Balaban J connectivity index is 0.000000437. The third kappa shape index (κ3) is 4.19. The van der Waals surface area contributed by atoms with E-state index < -0.39 is 4.87 Å². The summed E-state index contributed by atoms with van der Waals surface area (Å²) in [7, 11) is 0. The molecule has 0 amide bonds. The molecule has 17 heavy (non-hydrogen) atoms. The van der Waals surface area contributed by atoms with Gasteiger partial charge < -0.3 is 4.74 Å². The first kappa shape index (κ1) is 17.9. The number of hydrogen-bond acceptors (Lipinski definition) is 1. The molecule has 0 spiro atoms. The molecule has 100 valence electrons. The summed E-state index contributed by atoms with van der Waals surface area (Å²) in [6.07, 6.45) is 0.554. The molecule has 0 aromatic heterocycles. The van der Waals surface area contributed by atoms with E-state index in [0.717, 1.165) is 13.2 Å². The molecule has 1 aliphatic carbocycles. The van der Waals surface area contributed by atoms with E-state index in [4.69, 9.17) is 62.7 Å². The largest absolute Gasteiger partial charge is 0.382 e. The highest BCUT2D eigenvalue weighted by Gasteiger charge is 2.42. The number of rotatable bonds is 3. The highest BCUT2D eigenvalue weighted by atomic mass is 35.5. The molecule has 1 rings (SSSR count). The Morgan fingerprint density at radius 2 is 1.24 bits per heavy atom. The van der Waals surface area contributed by atoms with Gasteiger partial charge in [-0.25, -0.2) is 0 Å². The first-order chi connectivity index (χ1) is 7.86. The summed E-state index contributed by atoms with van der Waals surface area (Å²) in [5, 5.41) is 1.12. The van der Waals surface area contributed by atoms with Crippen LogP contribution in [-0.2, 0) is 4.74 Å². The van der Waals surface area contributed by atoms with Crippen LogP contribution in [0.5, 0.6) is 0 Å². The highest BCUT2D eigenvalue weighted by molar-refractivity contribution is 6.58. The van der Waals surface area contributed by atoms with Crippen molar-refractivity contribution in [2.45, 2.75) is 32.1 Å². The second-order valence-electron chi connectivity index (χ2n) is 3.19. The molecule has 0 saturated heterocycles. The SMILES string of the molecule is CCC1(Cl)C(Cl)=C(Cl)C(Cl)=C1Cl.CCOCC. The average molecular weight is 341 g/mol. The molecular weight excluding hydrogens is 325 g/mol. The van der Waals surface area contributed by atoms with Crippen LogP contribution in [-0.4, -0.2) is 18.1 Å². The van der Waals surface area contributed by atoms with Crippen molar-refractivity contribution in [1.82, 2.24) is 0 Å².